The van der Waals surface area contributed by atoms with Gasteiger partial charge in [0.15, 0.2) is 5.82 Å². The summed E-state index contributed by atoms with van der Waals surface area (Å²) < 4.78 is 19.1. The molecule has 2 unspecified atom stereocenters. The number of anilines is 1. The van der Waals surface area contributed by atoms with Gasteiger partial charge in [0, 0.05) is 22.4 Å². The number of hydrogen-bond acceptors (Lipinski definition) is 6. The quantitative estimate of drug-likeness (QED) is 0.858. The van der Waals surface area contributed by atoms with Crippen LogP contribution in [-0.4, -0.2) is 26.9 Å². The van der Waals surface area contributed by atoms with Crippen molar-refractivity contribution in [2.24, 2.45) is 0 Å². The van der Waals surface area contributed by atoms with E-state index in [4.69, 9.17) is 10.3 Å². The van der Waals surface area contributed by atoms with Gasteiger partial charge in [0.2, 0.25) is 0 Å². The summed E-state index contributed by atoms with van der Waals surface area (Å²) in [6.07, 6.45) is 0. The Morgan fingerprint density at radius 3 is 2.90 bits per heavy atom. The van der Waals surface area contributed by atoms with E-state index in [1.54, 1.807) is 12.1 Å². The molecule has 2 aromatic rings. The number of nitrogens with two attached hydrogens (primary N) is 1. The van der Waals surface area contributed by atoms with Crippen LogP contribution in [0.25, 0.3) is 11.5 Å². The predicted octanol–water partition coefficient (Wildman–Crippen LogP) is 3.37. The van der Waals surface area contributed by atoms with E-state index >= 15 is 0 Å². The molecule has 2 atom stereocenters. The van der Waals surface area contributed by atoms with E-state index < -0.39 is 5.82 Å². The summed E-state index contributed by atoms with van der Waals surface area (Å²) in [6, 6.07) is 4.51. The zero-order valence-electron chi connectivity index (χ0n) is 10.9. The van der Waals surface area contributed by atoms with Gasteiger partial charge in [-0.05, 0) is 12.1 Å². The molecule has 1 saturated heterocycles. The molecule has 7 heteroatoms. The van der Waals surface area contributed by atoms with Crippen LogP contribution >= 0.6 is 23.5 Å². The molecule has 0 radical (unpaired) electrons. The van der Waals surface area contributed by atoms with E-state index in [0.717, 1.165) is 11.5 Å². The molecule has 2 heterocycles. The van der Waals surface area contributed by atoms with Crippen molar-refractivity contribution < 1.29 is 8.91 Å². The van der Waals surface area contributed by atoms with Crippen LogP contribution in [0.15, 0.2) is 22.7 Å². The number of nitrogens with zero attached hydrogens (tertiary/aromatic N) is 2. The van der Waals surface area contributed by atoms with Crippen molar-refractivity contribution >= 4 is 29.2 Å². The number of nitrogen functional groups attached to an aromatic ring is 1. The molecule has 0 bridgehead atoms. The van der Waals surface area contributed by atoms with Crippen molar-refractivity contribution in [1.29, 1.82) is 0 Å². The summed E-state index contributed by atoms with van der Waals surface area (Å²) in [7, 11) is 0. The van der Waals surface area contributed by atoms with Crippen LogP contribution in [0.5, 0.6) is 0 Å². The lowest BCUT2D eigenvalue weighted by Crippen LogP contribution is -2.16. The Bertz CT molecular complexity index is 599. The third-order valence-corrected chi connectivity index (χ3v) is 6.23. The maximum Gasteiger partial charge on any atom is 0.263 e. The molecule has 0 aliphatic carbocycles. The minimum atomic E-state index is -0.445. The fourth-order valence-corrected chi connectivity index (χ4v) is 4.81. The van der Waals surface area contributed by atoms with E-state index in [1.807, 2.05) is 23.5 Å². The average molecular weight is 311 g/mol. The Balaban J connectivity index is 1.94. The highest BCUT2D eigenvalue weighted by Gasteiger charge is 2.29. The second kappa shape index (κ2) is 5.65. The number of thioether (sulfide) groups is 2. The van der Waals surface area contributed by atoms with Gasteiger partial charge in [-0.25, -0.2) is 4.39 Å². The van der Waals surface area contributed by atoms with Gasteiger partial charge in [-0.2, -0.15) is 16.7 Å². The van der Waals surface area contributed by atoms with Gasteiger partial charge in [0.05, 0.1) is 10.8 Å². The second-order valence-electron chi connectivity index (χ2n) is 4.53. The van der Waals surface area contributed by atoms with Crippen LogP contribution in [0.4, 0.5) is 10.1 Å². The van der Waals surface area contributed by atoms with Gasteiger partial charge >= 0.3 is 0 Å². The number of aromatic nitrogens is 2. The van der Waals surface area contributed by atoms with E-state index in [0.29, 0.717) is 16.8 Å². The minimum absolute atomic E-state index is 0.152. The lowest BCUT2D eigenvalue weighted by atomic mass is 10.1. The van der Waals surface area contributed by atoms with E-state index in [2.05, 4.69) is 17.1 Å². The summed E-state index contributed by atoms with van der Waals surface area (Å²) in [6.45, 7) is 2.15. The number of rotatable bonds is 2. The van der Waals surface area contributed by atoms with Crippen molar-refractivity contribution in [3.05, 3.63) is 29.8 Å². The second-order valence-corrected chi connectivity index (χ2v) is 7.26. The first kappa shape index (κ1) is 13.8. The van der Waals surface area contributed by atoms with E-state index in [-0.39, 0.29) is 16.7 Å². The Labute approximate surface area is 124 Å². The Kier molecular flexibility index (Phi) is 3.89. The van der Waals surface area contributed by atoms with Crippen LogP contribution in [0.2, 0.25) is 0 Å². The topological polar surface area (TPSA) is 64.9 Å². The molecule has 0 saturated carbocycles. The highest BCUT2D eigenvalue weighted by molar-refractivity contribution is 8.06. The highest BCUT2D eigenvalue weighted by atomic mass is 32.2. The molecule has 1 aromatic carbocycles. The third kappa shape index (κ3) is 2.52. The summed E-state index contributed by atoms with van der Waals surface area (Å²) in [5, 5.41) is 4.60. The van der Waals surface area contributed by atoms with Gasteiger partial charge in [0.25, 0.3) is 5.89 Å². The molecule has 3 rings (SSSR count). The summed E-state index contributed by atoms with van der Waals surface area (Å²) in [5.74, 6) is 2.52. The molecule has 106 valence electrons. The molecule has 0 amide bonds. The fraction of sp³-hybridized carbons (Fsp3) is 0.385. The third-order valence-electron chi connectivity index (χ3n) is 3.14. The molecule has 1 aliphatic heterocycles. The fourth-order valence-electron chi connectivity index (χ4n) is 2.13. The van der Waals surface area contributed by atoms with Gasteiger partial charge in [-0.3, -0.25) is 0 Å². The normalized spacial score (nSPS) is 22.9. The molecule has 1 fully saturated rings. The van der Waals surface area contributed by atoms with Crippen LogP contribution < -0.4 is 5.73 Å². The van der Waals surface area contributed by atoms with Crippen molar-refractivity contribution in [1.82, 2.24) is 10.1 Å². The zero-order chi connectivity index (χ0) is 14.1. The van der Waals surface area contributed by atoms with Crippen molar-refractivity contribution in [3.8, 4) is 11.5 Å². The number of hydrogen-bond donors (Lipinski definition) is 1. The maximum absolute atomic E-state index is 13.8. The SMILES string of the molecule is CC1SCCSC1c1noc(-c2c(N)cccc2F)n1. The van der Waals surface area contributed by atoms with Crippen molar-refractivity contribution in [2.75, 3.05) is 17.2 Å². The standard InChI is InChI=1S/C13H14FN3OS2/c1-7-11(20-6-5-19-7)12-16-13(18-17-12)10-8(14)3-2-4-9(10)15/h2-4,7,11H,5-6,15H2,1H3. The van der Waals surface area contributed by atoms with Crippen LogP contribution in [0.3, 0.4) is 0 Å². The van der Waals surface area contributed by atoms with E-state index in [1.165, 1.54) is 6.07 Å². The van der Waals surface area contributed by atoms with Crippen LogP contribution in [0.1, 0.15) is 18.0 Å². The Morgan fingerprint density at radius 1 is 1.35 bits per heavy atom. The first-order valence-electron chi connectivity index (χ1n) is 6.28. The molecule has 1 aromatic heterocycles. The number of benzene rings is 1. The molecule has 20 heavy (non-hydrogen) atoms. The Hall–Kier alpha value is -1.21. The lowest BCUT2D eigenvalue weighted by molar-refractivity contribution is 0.420. The van der Waals surface area contributed by atoms with Gasteiger partial charge in [-0.15, -0.1) is 11.8 Å². The zero-order valence-corrected chi connectivity index (χ0v) is 12.5. The van der Waals surface area contributed by atoms with Gasteiger partial charge in [0.1, 0.15) is 5.82 Å². The van der Waals surface area contributed by atoms with Gasteiger partial charge < -0.3 is 10.3 Å². The molecular formula is C13H14FN3OS2. The summed E-state index contributed by atoms with van der Waals surface area (Å²) in [4.78, 5) is 4.34. The molecular weight excluding hydrogens is 297 g/mol. The smallest absolute Gasteiger partial charge is 0.263 e. The van der Waals surface area contributed by atoms with Crippen LogP contribution in [0, 0.1) is 5.82 Å². The Morgan fingerprint density at radius 2 is 2.15 bits per heavy atom. The average Bonchev–Trinajstić information content (AvgIpc) is 2.88. The molecule has 4 nitrogen and oxygen atoms in total. The largest absolute Gasteiger partial charge is 0.398 e. The lowest BCUT2D eigenvalue weighted by Gasteiger charge is -2.24. The maximum atomic E-state index is 13.8. The summed E-state index contributed by atoms with van der Waals surface area (Å²) in [5.41, 5.74) is 6.28. The first-order chi connectivity index (χ1) is 9.66. The van der Waals surface area contributed by atoms with E-state index in [9.17, 15) is 4.39 Å². The molecule has 0 spiro atoms. The van der Waals surface area contributed by atoms with Gasteiger partial charge in [-0.1, -0.05) is 18.1 Å². The monoisotopic (exact) mass is 311 g/mol. The van der Waals surface area contributed by atoms with Crippen LogP contribution in [-0.2, 0) is 0 Å². The molecule has 2 N–H and O–H groups in total. The highest BCUT2D eigenvalue weighted by Crippen LogP contribution is 2.41. The predicted molar refractivity (Wildman–Crippen MR) is 81.2 cm³/mol. The van der Waals surface area contributed by atoms with Crippen molar-refractivity contribution in [2.45, 2.75) is 17.4 Å². The molecule has 1 aliphatic rings. The minimum Gasteiger partial charge on any atom is -0.398 e. The van der Waals surface area contributed by atoms with Crippen molar-refractivity contribution in [3.63, 3.8) is 0 Å². The first-order valence-corrected chi connectivity index (χ1v) is 8.37. The summed E-state index contributed by atoms with van der Waals surface area (Å²) >= 11 is 3.70. The number of halogens is 1.